The predicted molar refractivity (Wildman–Crippen MR) is 55.5 cm³/mol. The average molecular weight is 209 g/mol. The zero-order valence-corrected chi connectivity index (χ0v) is 8.67. The Bertz CT molecular complexity index is 378. The summed E-state index contributed by atoms with van der Waals surface area (Å²) in [5, 5.41) is 8.83. The Morgan fingerprint density at radius 1 is 1.43 bits per heavy atom. The minimum atomic E-state index is -0.841. The summed E-state index contributed by atoms with van der Waals surface area (Å²) in [4.78, 5) is 13.4. The molecule has 1 N–H and O–H groups in total. The quantitative estimate of drug-likeness (QED) is 0.722. The van der Waals surface area contributed by atoms with Crippen LogP contribution in [0.5, 0.6) is 0 Å². The van der Waals surface area contributed by atoms with E-state index in [1.54, 1.807) is 11.8 Å². The van der Waals surface area contributed by atoms with Gasteiger partial charge in [-0.15, -0.1) is 11.8 Å². The van der Waals surface area contributed by atoms with Crippen LogP contribution >= 0.6 is 11.8 Å². The number of carbonyl (C=O) groups is 1. The fraction of sp³-hybridized carbons (Fsp3) is 0.300. The Morgan fingerprint density at radius 2 is 2.14 bits per heavy atom. The molecular formula is C10H11NO2S. The molecular weight excluding hydrogens is 198 g/mol. The molecule has 0 unspecified atom stereocenters. The van der Waals surface area contributed by atoms with E-state index < -0.39 is 6.09 Å². The molecule has 0 fully saturated rings. The number of carboxylic acid groups (broad SMARTS) is 1. The first-order valence-corrected chi connectivity index (χ1v) is 5.57. The van der Waals surface area contributed by atoms with E-state index >= 15 is 0 Å². The minimum absolute atomic E-state index is 0.527. The van der Waals surface area contributed by atoms with Crippen molar-refractivity contribution in [1.29, 1.82) is 0 Å². The molecule has 0 bridgehead atoms. The van der Waals surface area contributed by atoms with E-state index in [1.807, 2.05) is 18.4 Å². The van der Waals surface area contributed by atoms with Gasteiger partial charge in [0.15, 0.2) is 0 Å². The van der Waals surface area contributed by atoms with Gasteiger partial charge in [-0.25, -0.2) is 4.79 Å². The summed E-state index contributed by atoms with van der Waals surface area (Å²) in [7, 11) is 0. The number of hydrogen-bond acceptors (Lipinski definition) is 2. The summed E-state index contributed by atoms with van der Waals surface area (Å²) in [6.07, 6.45) is 1.18. The fourth-order valence-corrected chi connectivity index (χ4v) is 2.10. The SMILES string of the molecule is CSc1ccc2c(c1)CN(C(=O)O)C2. The maximum atomic E-state index is 10.7. The largest absolute Gasteiger partial charge is 0.465 e. The zero-order chi connectivity index (χ0) is 10.1. The standard InChI is InChI=1S/C10H11NO2S/c1-14-9-3-2-7-5-11(10(12)13)6-8(7)4-9/h2-4H,5-6H2,1H3,(H,12,13). The van der Waals surface area contributed by atoms with Crippen LogP contribution in [0, 0.1) is 0 Å². The van der Waals surface area contributed by atoms with Crippen molar-refractivity contribution < 1.29 is 9.90 Å². The number of hydrogen-bond donors (Lipinski definition) is 1. The van der Waals surface area contributed by atoms with Gasteiger partial charge in [0, 0.05) is 18.0 Å². The van der Waals surface area contributed by atoms with E-state index in [0.717, 1.165) is 11.1 Å². The Kier molecular flexibility index (Phi) is 2.37. The van der Waals surface area contributed by atoms with Crippen molar-refractivity contribution in [3.63, 3.8) is 0 Å². The van der Waals surface area contributed by atoms with Crippen molar-refractivity contribution in [1.82, 2.24) is 4.90 Å². The van der Waals surface area contributed by atoms with Crippen LogP contribution in [-0.2, 0) is 13.1 Å². The van der Waals surface area contributed by atoms with Gasteiger partial charge in [-0.1, -0.05) is 6.07 Å². The monoisotopic (exact) mass is 209 g/mol. The molecule has 14 heavy (non-hydrogen) atoms. The normalized spacial score (nSPS) is 14.2. The van der Waals surface area contributed by atoms with Gasteiger partial charge in [0.05, 0.1) is 0 Å². The summed E-state index contributed by atoms with van der Waals surface area (Å²) >= 11 is 1.68. The molecule has 1 aromatic rings. The van der Waals surface area contributed by atoms with E-state index in [4.69, 9.17) is 5.11 Å². The van der Waals surface area contributed by atoms with Gasteiger partial charge in [-0.2, -0.15) is 0 Å². The van der Waals surface area contributed by atoms with Gasteiger partial charge >= 0.3 is 6.09 Å². The van der Waals surface area contributed by atoms with E-state index in [0.29, 0.717) is 13.1 Å². The first-order chi connectivity index (χ1) is 6.70. The maximum Gasteiger partial charge on any atom is 0.407 e. The van der Waals surface area contributed by atoms with Crippen molar-refractivity contribution in [3.05, 3.63) is 29.3 Å². The van der Waals surface area contributed by atoms with Crippen molar-refractivity contribution in [3.8, 4) is 0 Å². The molecule has 4 heteroatoms. The lowest BCUT2D eigenvalue weighted by Gasteiger charge is -2.08. The topological polar surface area (TPSA) is 40.5 Å². The molecule has 0 aromatic heterocycles. The van der Waals surface area contributed by atoms with E-state index in [2.05, 4.69) is 6.07 Å². The van der Waals surface area contributed by atoms with Crippen molar-refractivity contribution in [2.75, 3.05) is 6.26 Å². The van der Waals surface area contributed by atoms with Crippen molar-refractivity contribution >= 4 is 17.9 Å². The molecule has 1 aliphatic rings. The zero-order valence-electron chi connectivity index (χ0n) is 7.86. The molecule has 0 saturated carbocycles. The Morgan fingerprint density at radius 3 is 2.79 bits per heavy atom. The van der Waals surface area contributed by atoms with Crippen LogP contribution in [0.1, 0.15) is 11.1 Å². The third-order valence-electron chi connectivity index (χ3n) is 2.41. The number of thioether (sulfide) groups is 1. The summed E-state index contributed by atoms with van der Waals surface area (Å²) in [5.41, 5.74) is 2.27. The minimum Gasteiger partial charge on any atom is -0.465 e. The van der Waals surface area contributed by atoms with Crippen LogP contribution in [0.15, 0.2) is 23.1 Å². The molecule has 74 valence electrons. The first kappa shape index (κ1) is 9.40. The van der Waals surface area contributed by atoms with Crippen molar-refractivity contribution in [2.45, 2.75) is 18.0 Å². The maximum absolute atomic E-state index is 10.7. The van der Waals surface area contributed by atoms with E-state index in [-0.39, 0.29) is 0 Å². The van der Waals surface area contributed by atoms with E-state index in [9.17, 15) is 4.79 Å². The molecule has 3 nitrogen and oxygen atoms in total. The molecule has 0 atom stereocenters. The van der Waals surface area contributed by atoms with Gasteiger partial charge in [-0.3, -0.25) is 4.90 Å². The lowest BCUT2D eigenvalue weighted by Crippen LogP contribution is -2.22. The van der Waals surface area contributed by atoms with Crippen LogP contribution in [-0.4, -0.2) is 22.4 Å². The Balaban J connectivity index is 2.27. The highest BCUT2D eigenvalue weighted by Gasteiger charge is 2.22. The van der Waals surface area contributed by atoms with Gasteiger partial charge in [0.1, 0.15) is 0 Å². The predicted octanol–water partition coefficient (Wildman–Crippen LogP) is 2.40. The van der Waals surface area contributed by atoms with E-state index in [1.165, 1.54) is 9.80 Å². The second kappa shape index (κ2) is 3.53. The number of fused-ring (bicyclic) bond motifs is 1. The highest BCUT2D eigenvalue weighted by Crippen LogP contribution is 2.26. The van der Waals surface area contributed by atoms with Gasteiger partial charge in [0.2, 0.25) is 0 Å². The van der Waals surface area contributed by atoms with Crippen LogP contribution in [0.4, 0.5) is 4.79 Å². The van der Waals surface area contributed by atoms with Crippen LogP contribution in [0.25, 0.3) is 0 Å². The molecule has 0 spiro atoms. The number of nitrogens with zero attached hydrogens (tertiary/aromatic N) is 1. The molecule has 1 heterocycles. The molecule has 1 aromatic carbocycles. The highest BCUT2D eigenvalue weighted by molar-refractivity contribution is 7.98. The molecule has 0 radical (unpaired) electrons. The second-order valence-corrected chi connectivity index (χ2v) is 4.15. The molecule has 2 rings (SSSR count). The van der Waals surface area contributed by atoms with Crippen LogP contribution < -0.4 is 0 Å². The molecule has 1 amide bonds. The number of rotatable bonds is 1. The van der Waals surface area contributed by atoms with Gasteiger partial charge in [-0.05, 0) is 29.5 Å². The Labute approximate surface area is 86.7 Å². The molecule has 0 saturated heterocycles. The summed E-state index contributed by atoms with van der Waals surface area (Å²) in [6.45, 7) is 1.05. The summed E-state index contributed by atoms with van der Waals surface area (Å²) < 4.78 is 0. The van der Waals surface area contributed by atoms with Gasteiger partial charge < -0.3 is 5.11 Å². The number of benzene rings is 1. The van der Waals surface area contributed by atoms with Gasteiger partial charge in [0.25, 0.3) is 0 Å². The highest BCUT2D eigenvalue weighted by atomic mass is 32.2. The molecule has 0 aliphatic carbocycles. The van der Waals surface area contributed by atoms with Crippen LogP contribution in [0.2, 0.25) is 0 Å². The fourth-order valence-electron chi connectivity index (χ4n) is 1.63. The third-order valence-corrected chi connectivity index (χ3v) is 3.13. The Hall–Kier alpha value is -1.16. The second-order valence-electron chi connectivity index (χ2n) is 3.27. The average Bonchev–Trinajstić information content (AvgIpc) is 2.59. The van der Waals surface area contributed by atoms with Crippen molar-refractivity contribution in [2.24, 2.45) is 0 Å². The first-order valence-electron chi connectivity index (χ1n) is 4.34. The van der Waals surface area contributed by atoms with Crippen LogP contribution in [0.3, 0.4) is 0 Å². The lowest BCUT2D eigenvalue weighted by molar-refractivity contribution is 0.145. The summed E-state index contributed by atoms with van der Waals surface area (Å²) in [6, 6.07) is 6.13. The smallest absolute Gasteiger partial charge is 0.407 e. The third kappa shape index (κ3) is 1.57. The number of amides is 1. The molecule has 1 aliphatic heterocycles. The summed E-state index contributed by atoms with van der Waals surface area (Å²) in [5.74, 6) is 0. The lowest BCUT2D eigenvalue weighted by atomic mass is 10.1.